The normalized spacial score (nSPS) is 16.7. The van der Waals surface area contributed by atoms with E-state index in [0.29, 0.717) is 23.3 Å². The third-order valence-electron chi connectivity index (χ3n) is 4.51. The van der Waals surface area contributed by atoms with Crippen molar-refractivity contribution >= 4 is 51.3 Å². The zero-order valence-corrected chi connectivity index (χ0v) is 20.1. The van der Waals surface area contributed by atoms with Crippen LogP contribution < -0.4 is 15.4 Å². The minimum atomic E-state index is -3.40. The SMILES string of the molecule is CN=C(NCCCN1CCC(C)CC1)NCCNS(=O)(=O)c1cccs1.I. The Labute approximate surface area is 184 Å². The van der Waals surface area contributed by atoms with Crippen LogP contribution >= 0.6 is 35.3 Å². The molecule has 27 heavy (non-hydrogen) atoms. The molecule has 1 aromatic heterocycles. The van der Waals surface area contributed by atoms with Gasteiger partial charge < -0.3 is 15.5 Å². The Morgan fingerprint density at radius 2 is 1.96 bits per heavy atom. The van der Waals surface area contributed by atoms with Gasteiger partial charge in [-0.2, -0.15) is 0 Å². The van der Waals surface area contributed by atoms with E-state index in [1.807, 2.05) is 0 Å². The molecule has 0 amide bonds. The second-order valence-corrected chi connectivity index (χ2v) is 9.57. The highest BCUT2D eigenvalue weighted by molar-refractivity contribution is 14.0. The minimum absolute atomic E-state index is 0. The molecule has 0 bridgehead atoms. The van der Waals surface area contributed by atoms with Gasteiger partial charge in [-0.05, 0) is 56.3 Å². The molecule has 0 radical (unpaired) electrons. The van der Waals surface area contributed by atoms with Gasteiger partial charge in [-0.15, -0.1) is 35.3 Å². The number of likely N-dealkylation sites (tertiary alicyclic amines) is 1. The molecule has 10 heteroatoms. The standard InChI is InChI=1S/C17H31N5O2S2.HI/c1-15-6-12-22(13-7-15)11-4-8-19-17(18-2)20-9-10-21-26(23,24)16-5-3-14-25-16;/h3,5,14-15,21H,4,6-13H2,1-2H3,(H2,18,19,20);1H. The number of sulfonamides is 1. The van der Waals surface area contributed by atoms with Crippen LogP contribution in [0.3, 0.4) is 0 Å². The molecule has 0 unspecified atom stereocenters. The molecular weight excluding hydrogens is 497 g/mol. The topological polar surface area (TPSA) is 85.8 Å². The maximum Gasteiger partial charge on any atom is 0.250 e. The van der Waals surface area contributed by atoms with Crippen LogP contribution in [0.1, 0.15) is 26.2 Å². The lowest BCUT2D eigenvalue weighted by molar-refractivity contribution is 0.191. The summed E-state index contributed by atoms with van der Waals surface area (Å²) >= 11 is 1.21. The molecule has 0 aliphatic carbocycles. The number of hydrogen-bond acceptors (Lipinski definition) is 5. The lowest BCUT2D eigenvalue weighted by Crippen LogP contribution is -2.42. The van der Waals surface area contributed by atoms with Gasteiger partial charge in [0.05, 0.1) is 0 Å². The van der Waals surface area contributed by atoms with Gasteiger partial charge in [0, 0.05) is 26.7 Å². The molecule has 1 saturated heterocycles. The van der Waals surface area contributed by atoms with Crippen LogP contribution in [-0.4, -0.2) is 65.6 Å². The number of aliphatic imine (C=N–C) groups is 1. The Balaban J connectivity index is 0.00000364. The van der Waals surface area contributed by atoms with Crippen LogP contribution in [0.2, 0.25) is 0 Å². The van der Waals surface area contributed by atoms with E-state index in [9.17, 15) is 8.42 Å². The summed E-state index contributed by atoms with van der Waals surface area (Å²) in [6, 6.07) is 3.33. The minimum Gasteiger partial charge on any atom is -0.356 e. The third kappa shape index (κ3) is 9.07. The Bertz CT molecular complexity index is 644. The molecule has 3 N–H and O–H groups in total. The molecule has 2 rings (SSSR count). The lowest BCUT2D eigenvalue weighted by atomic mass is 9.99. The van der Waals surface area contributed by atoms with E-state index in [1.165, 1.54) is 37.3 Å². The summed E-state index contributed by atoms with van der Waals surface area (Å²) in [7, 11) is -1.68. The largest absolute Gasteiger partial charge is 0.356 e. The van der Waals surface area contributed by atoms with E-state index in [1.54, 1.807) is 24.6 Å². The first-order chi connectivity index (χ1) is 12.5. The van der Waals surface area contributed by atoms with Crippen LogP contribution in [0.25, 0.3) is 0 Å². The number of halogens is 1. The summed E-state index contributed by atoms with van der Waals surface area (Å²) < 4.78 is 26.9. The molecule has 0 spiro atoms. The quantitative estimate of drug-likeness (QED) is 0.197. The molecule has 0 atom stereocenters. The Morgan fingerprint density at radius 3 is 2.59 bits per heavy atom. The van der Waals surface area contributed by atoms with Crippen LogP contribution in [-0.2, 0) is 10.0 Å². The monoisotopic (exact) mass is 529 g/mol. The van der Waals surface area contributed by atoms with Gasteiger partial charge in [0.15, 0.2) is 5.96 Å². The number of piperidine rings is 1. The number of nitrogens with one attached hydrogen (secondary N) is 3. The first-order valence-electron chi connectivity index (χ1n) is 9.21. The zero-order valence-electron chi connectivity index (χ0n) is 16.1. The van der Waals surface area contributed by atoms with Gasteiger partial charge in [0.2, 0.25) is 10.0 Å². The molecule has 2 heterocycles. The van der Waals surface area contributed by atoms with Crippen LogP contribution in [0, 0.1) is 5.92 Å². The van der Waals surface area contributed by atoms with Gasteiger partial charge in [-0.25, -0.2) is 13.1 Å². The molecule has 1 aromatic rings. The van der Waals surface area contributed by atoms with E-state index in [-0.39, 0.29) is 24.0 Å². The molecule has 1 fully saturated rings. The van der Waals surface area contributed by atoms with E-state index < -0.39 is 10.0 Å². The fourth-order valence-corrected chi connectivity index (χ4v) is 4.94. The molecule has 0 aromatic carbocycles. The average Bonchev–Trinajstić information content (AvgIpc) is 3.17. The summed E-state index contributed by atoms with van der Waals surface area (Å²) in [6.07, 6.45) is 3.68. The molecule has 7 nitrogen and oxygen atoms in total. The second kappa shape index (κ2) is 12.9. The second-order valence-electron chi connectivity index (χ2n) is 6.63. The van der Waals surface area contributed by atoms with Gasteiger partial charge in [0.1, 0.15) is 4.21 Å². The summed E-state index contributed by atoms with van der Waals surface area (Å²) in [5.74, 6) is 1.57. The number of rotatable bonds is 9. The van der Waals surface area contributed by atoms with Crippen molar-refractivity contribution in [2.24, 2.45) is 10.9 Å². The van der Waals surface area contributed by atoms with Gasteiger partial charge in [-0.3, -0.25) is 4.99 Å². The third-order valence-corrected chi connectivity index (χ3v) is 7.37. The Kier molecular flexibility index (Phi) is 11.8. The van der Waals surface area contributed by atoms with Crippen LogP contribution in [0.15, 0.2) is 26.7 Å². The summed E-state index contributed by atoms with van der Waals surface area (Å²) in [6.45, 7) is 7.50. The molecule has 1 aliphatic heterocycles. The summed E-state index contributed by atoms with van der Waals surface area (Å²) in [5, 5.41) is 8.17. The molecule has 0 saturated carbocycles. The number of hydrogen-bond donors (Lipinski definition) is 3. The van der Waals surface area contributed by atoms with Crippen LogP contribution in [0.4, 0.5) is 0 Å². The Morgan fingerprint density at radius 1 is 1.26 bits per heavy atom. The van der Waals surface area contributed by atoms with E-state index in [2.05, 4.69) is 32.2 Å². The lowest BCUT2D eigenvalue weighted by Gasteiger charge is -2.30. The van der Waals surface area contributed by atoms with Crippen molar-refractivity contribution in [3.8, 4) is 0 Å². The van der Waals surface area contributed by atoms with E-state index >= 15 is 0 Å². The predicted octanol–water partition coefficient (Wildman–Crippen LogP) is 1.93. The maximum atomic E-state index is 12.0. The highest BCUT2D eigenvalue weighted by Crippen LogP contribution is 2.16. The van der Waals surface area contributed by atoms with E-state index in [4.69, 9.17) is 0 Å². The van der Waals surface area contributed by atoms with Gasteiger partial charge in [-0.1, -0.05) is 13.0 Å². The fraction of sp³-hybridized carbons (Fsp3) is 0.706. The van der Waals surface area contributed by atoms with Gasteiger partial charge in [0.25, 0.3) is 0 Å². The summed E-state index contributed by atoms with van der Waals surface area (Å²) in [4.78, 5) is 6.70. The van der Waals surface area contributed by atoms with Crippen molar-refractivity contribution in [1.29, 1.82) is 0 Å². The first kappa shape index (κ1) is 24.6. The summed E-state index contributed by atoms with van der Waals surface area (Å²) in [5.41, 5.74) is 0. The first-order valence-corrected chi connectivity index (χ1v) is 11.6. The van der Waals surface area contributed by atoms with Crippen molar-refractivity contribution < 1.29 is 8.42 Å². The van der Waals surface area contributed by atoms with Crippen molar-refractivity contribution in [2.75, 3.05) is 46.3 Å². The number of thiophene rings is 1. The van der Waals surface area contributed by atoms with Gasteiger partial charge >= 0.3 is 0 Å². The average molecular weight is 530 g/mol. The highest BCUT2D eigenvalue weighted by Gasteiger charge is 2.15. The highest BCUT2D eigenvalue weighted by atomic mass is 127. The zero-order chi connectivity index (χ0) is 18.8. The molecule has 1 aliphatic rings. The molecule has 156 valence electrons. The Hall–Kier alpha value is -0.430. The fourth-order valence-electron chi connectivity index (χ4n) is 2.87. The number of nitrogens with zero attached hydrogens (tertiary/aromatic N) is 2. The number of guanidine groups is 1. The molecular formula is C17H32IN5O2S2. The predicted molar refractivity (Wildman–Crippen MR) is 124 cm³/mol. The van der Waals surface area contributed by atoms with E-state index in [0.717, 1.165) is 25.4 Å². The van der Waals surface area contributed by atoms with Crippen molar-refractivity contribution in [3.05, 3.63) is 17.5 Å². The van der Waals surface area contributed by atoms with Crippen molar-refractivity contribution in [3.63, 3.8) is 0 Å². The smallest absolute Gasteiger partial charge is 0.250 e. The maximum absolute atomic E-state index is 12.0. The van der Waals surface area contributed by atoms with Crippen LogP contribution in [0.5, 0.6) is 0 Å². The van der Waals surface area contributed by atoms with Crippen molar-refractivity contribution in [2.45, 2.75) is 30.4 Å². The van der Waals surface area contributed by atoms with Crippen molar-refractivity contribution in [1.82, 2.24) is 20.3 Å².